The first-order chi connectivity index (χ1) is 20.6. The Labute approximate surface area is 249 Å². The second-order valence-corrected chi connectivity index (χ2v) is 12.4. The number of imidazole rings is 1. The normalized spacial score (nSPS) is 16.0. The summed E-state index contributed by atoms with van der Waals surface area (Å²) in [5.41, 5.74) is 5.20. The van der Waals surface area contributed by atoms with E-state index in [1.54, 1.807) is 0 Å². The Kier molecular flexibility index (Phi) is 7.24. The van der Waals surface area contributed by atoms with Gasteiger partial charge in [0.2, 0.25) is 0 Å². The van der Waals surface area contributed by atoms with E-state index in [1.165, 1.54) is 30.6 Å². The van der Waals surface area contributed by atoms with Crippen LogP contribution in [0.1, 0.15) is 77.9 Å². The van der Waals surface area contributed by atoms with Crippen LogP contribution in [0.4, 0.5) is 0 Å². The molecule has 0 radical (unpaired) electrons. The summed E-state index contributed by atoms with van der Waals surface area (Å²) in [7, 11) is 0. The number of carbonyl (C=O) groups excluding carboxylic acids is 2. The predicted molar refractivity (Wildman–Crippen MR) is 167 cm³/mol. The third-order valence-corrected chi connectivity index (χ3v) is 9.65. The number of likely N-dealkylation sites (tertiary alicyclic amines) is 1. The van der Waals surface area contributed by atoms with E-state index >= 15 is 0 Å². The summed E-state index contributed by atoms with van der Waals surface area (Å²) in [4.78, 5) is 39.1. The van der Waals surface area contributed by atoms with Gasteiger partial charge < -0.3 is 14.2 Å². The average Bonchev–Trinajstić information content (AvgIpc) is 3.81. The summed E-state index contributed by atoms with van der Waals surface area (Å²) in [5, 5.41) is 1.04. The topological polar surface area (TPSA) is 77.3 Å². The molecule has 0 N–H and O–H groups in total. The highest BCUT2D eigenvalue weighted by Gasteiger charge is 2.24. The zero-order chi connectivity index (χ0) is 28.6. The maximum atomic E-state index is 12.8. The number of aromatic nitrogens is 3. The lowest BCUT2D eigenvalue weighted by Crippen LogP contribution is -2.26. The lowest BCUT2D eigenvalue weighted by molar-refractivity contribution is 0.0526. The summed E-state index contributed by atoms with van der Waals surface area (Å²) in [6.07, 6.45) is 8.12. The highest BCUT2D eigenvalue weighted by molar-refractivity contribution is 7.17. The van der Waals surface area contributed by atoms with Crippen LogP contribution in [-0.4, -0.2) is 51.0 Å². The third-order valence-electron chi connectivity index (χ3n) is 8.55. The molecule has 2 aromatic carbocycles. The molecular formula is C34H34N4O3S. The van der Waals surface area contributed by atoms with Gasteiger partial charge >= 0.3 is 5.97 Å². The van der Waals surface area contributed by atoms with Crippen LogP contribution in [0.15, 0.2) is 60.7 Å². The monoisotopic (exact) mass is 578 g/mol. The van der Waals surface area contributed by atoms with Gasteiger partial charge in [0.15, 0.2) is 0 Å². The van der Waals surface area contributed by atoms with Crippen LogP contribution in [0, 0.1) is 0 Å². The SMILES string of the molecule is CCOC(=O)c1ccc2c(c1)nc(-c1ccc3nc(-c4ccc(C(=O)N5CCCC5)s4)ccc3c1)n2C1CCCCC1. The first kappa shape index (κ1) is 26.8. The van der Waals surface area contributed by atoms with Crippen molar-refractivity contribution in [3.63, 3.8) is 0 Å². The van der Waals surface area contributed by atoms with E-state index in [0.29, 0.717) is 18.2 Å². The number of pyridine rings is 1. The van der Waals surface area contributed by atoms with Crippen molar-refractivity contribution in [2.45, 2.75) is 57.9 Å². The van der Waals surface area contributed by atoms with Crippen LogP contribution in [0.2, 0.25) is 0 Å². The molecule has 0 atom stereocenters. The van der Waals surface area contributed by atoms with E-state index in [9.17, 15) is 9.59 Å². The van der Waals surface area contributed by atoms with Crippen LogP contribution < -0.4 is 0 Å². The van der Waals surface area contributed by atoms with Gasteiger partial charge in [-0.1, -0.05) is 25.3 Å². The van der Waals surface area contributed by atoms with Crippen LogP contribution in [-0.2, 0) is 4.74 Å². The van der Waals surface area contributed by atoms with Gasteiger partial charge in [0.25, 0.3) is 5.91 Å². The molecule has 0 bridgehead atoms. The zero-order valence-corrected chi connectivity index (χ0v) is 24.7. The lowest BCUT2D eigenvalue weighted by atomic mass is 9.94. The van der Waals surface area contributed by atoms with Crippen molar-refractivity contribution in [3.8, 4) is 22.0 Å². The molecule has 2 fully saturated rings. The molecule has 3 aromatic heterocycles. The maximum absolute atomic E-state index is 12.8. The fraction of sp³-hybridized carbons (Fsp3) is 0.353. The average molecular weight is 579 g/mol. The number of carbonyl (C=O) groups is 2. The molecule has 0 spiro atoms. The van der Waals surface area contributed by atoms with Gasteiger partial charge in [-0.3, -0.25) is 4.79 Å². The van der Waals surface area contributed by atoms with Crippen molar-refractivity contribution in [1.82, 2.24) is 19.4 Å². The molecule has 7 nitrogen and oxygen atoms in total. The Morgan fingerprint density at radius 2 is 1.71 bits per heavy atom. The molecule has 5 aromatic rings. The molecule has 0 unspecified atom stereocenters. The van der Waals surface area contributed by atoms with Crippen LogP contribution in [0.25, 0.3) is 43.9 Å². The van der Waals surface area contributed by atoms with Gasteiger partial charge in [0.1, 0.15) is 5.82 Å². The molecule has 8 heteroatoms. The molecule has 1 aliphatic carbocycles. The first-order valence-electron chi connectivity index (χ1n) is 15.1. The van der Waals surface area contributed by atoms with Crippen LogP contribution in [0.5, 0.6) is 0 Å². The Hall–Kier alpha value is -4.04. The number of nitrogens with zero attached hydrogens (tertiary/aromatic N) is 4. The number of hydrogen-bond acceptors (Lipinski definition) is 6. The summed E-state index contributed by atoms with van der Waals surface area (Å²) < 4.78 is 7.63. The standard InChI is InChI=1S/C34H34N4O3S/c1-2-41-34(40)24-12-15-29-28(21-24)36-32(38(29)25-8-4-3-5-9-25)23-11-13-26-22(20-23)10-14-27(35-26)30-16-17-31(42-30)33(39)37-18-6-7-19-37/h10-17,20-21,25H,2-9,18-19H2,1H3. The number of fused-ring (bicyclic) bond motifs is 2. The number of thiophene rings is 1. The molecule has 1 amide bonds. The Morgan fingerprint density at radius 3 is 2.52 bits per heavy atom. The molecular weight excluding hydrogens is 544 g/mol. The Morgan fingerprint density at radius 1 is 0.881 bits per heavy atom. The molecule has 1 saturated heterocycles. The Bertz CT molecular complexity index is 1790. The zero-order valence-electron chi connectivity index (χ0n) is 23.8. The number of amides is 1. The molecule has 2 aliphatic rings. The molecule has 214 valence electrons. The summed E-state index contributed by atoms with van der Waals surface area (Å²) in [6.45, 7) is 3.86. The fourth-order valence-corrected chi connectivity index (χ4v) is 7.36. The van der Waals surface area contributed by atoms with E-state index in [1.807, 2.05) is 48.2 Å². The Balaban J connectivity index is 1.24. The molecule has 1 saturated carbocycles. The number of ether oxygens (including phenoxy) is 1. The second kappa shape index (κ2) is 11.3. The number of rotatable bonds is 6. The fourth-order valence-electron chi connectivity index (χ4n) is 6.42. The van der Waals surface area contributed by atoms with Gasteiger partial charge in [-0.2, -0.15) is 0 Å². The smallest absolute Gasteiger partial charge is 0.338 e. The van der Waals surface area contributed by atoms with Crippen LogP contribution >= 0.6 is 11.3 Å². The van der Waals surface area contributed by atoms with Gasteiger partial charge in [-0.05, 0) is 87.2 Å². The summed E-state index contributed by atoms with van der Waals surface area (Å²) in [5.74, 6) is 0.732. The third kappa shape index (κ3) is 4.98. The van der Waals surface area contributed by atoms with Crippen molar-refractivity contribution in [2.24, 2.45) is 0 Å². The van der Waals surface area contributed by atoms with Crippen molar-refractivity contribution < 1.29 is 14.3 Å². The van der Waals surface area contributed by atoms with E-state index in [2.05, 4.69) is 28.8 Å². The largest absolute Gasteiger partial charge is 0.462 e. The predicted octanol–water partition coefficient (Wildman–Crippen LogP) is 7.90. The maximum Gasteiger partial charge on any atom is 0.338 e. The highest BCUT2D eigenvalue weighted by Crippen LogP contribution is 2.37. The minimum absolute atomic E-state index is 0.129. The van der Waals surface area contributed by atoms with E-state index in [4.69, 9.17) is 14.7 Å². The van der Waals surface area contributed by atoms with Gasteiger partial charge in [-0.15, -0.1) is 11.3 Å². The van der Waals surface area contributed by atoms with Crippen LogP contribution in [0.3, 0.4) is 0 Å². The van der Waals surface area contributed by atoms with Crippen molar-refractivity contribution in [3.05, 3.63) is 71.1 Å². The van der Waals surface area contributed by atoms with Crippen molar-refractivity contribution in [2.75, 3.05) is 19.7 Å². The minimum atomic E-state index is -0.320. The summed E-state index contributed by atoms with van der Waals surface area (Å²) >= 11 is 1.52. The molecule has 1 aliphatic heterocycles. The molecule has 4 heterocycles. The molecule has 42 heavy (non-hydrogen) atoms. The minimum Gasteiger partial charge on any atom is -0.462 e. The van der Waals surface area contributed by atoms with E-state index < -0.39 is 0 Å². The number of benzene rings is 2. The van der Waals surface area contributed by atoms with Crippen molar-refractivity contribution in [1.29, 1.82) is 0 Å². The number of hydrogen-bond donors (Lipinski definition) is 0. The quantitative estimate of drug-likeness (QED) is 0.191. The number of esters is 1. The second-order valence-electron chi connectivity index (χ2n) is 11.3. The van der Waals surface area contributed by atoms with Gasteiger partial charge in [-0.25, -0.2) is 14.8 Å². The van der Waals surface area contributed by atoms with Crippen molar-refractivity contribution >= 4 is 45.1 Å². The highest BCUT2D eigenvalue weighted by atomic mass is 32.1. The first-order valence-corrected chi connectivity index (χ1v) is 15.9. The lowest BCUT2D eigenvalue weighted by Gasteiger charge is -2.25. The van der Waals surface area contributed by atoms with E-state index in [-0.39, 0.29) is 11.9 Å². The van der Waals surface area contributed by atoms with E-state index in [0.717, 1.165) is 87.5 Å². The molecule has 7 rings (SSSR count). The summed E-state index contributed by atoms with van der Waals surface area (Å²) in [6, 6.07) is 20.5. The van der Waals surface area contributed by atoms with Gasteiger partial charge in [0.05, 0.1) is 44.2 Å². The van der Waals surface area contributed by atoms with Gasteiger partial charge in [0, 0.05) is 30.1 Å².